The Labute approximate surface area is 176 Å². The van der Waals surface area contributed by atoms with Crippen LogP contribution in [0, 0.1) is 0 Å². The summed E-state index contributed by atoms with van der Waals surface area (Å²) >= 11 is 7.39. The number of aliphatic hydroxyl groups is 1. The molecule has 1 amide bonds. The predicted molar refractivity (Wildman–Crippen MR) is 112 cm³/mol. The van der Waals surface area contributed by atoms with Crippen molar-refractivity contribution in [3.63, 3.8) is 0 Å². The molecule has 2 N–H and O–H groups in total. The maximum atomic E-state index is 12.9. The molecule has 4 rings (SSSR count). The first-order valence-corrected chi connectivity index (χ1v) is 10.1. The summed E-state index contributed by atoms with van der Waals surface area (Å²) in [5.74, 6) is -1.72. The molecular formula is C22H16ClNO4S. The van der Waals surface area contributed by atoms with Gasteiger partial charge in [0.2, 0.25) is 0 Å². The van der Waals surface area contributed by atoms with Crippen molar-refractivity contribution in [1.29, 1.82) is 0 Å². The van der Waals surface area contributed by atoms with Crippen molar-refractivity contribution in [2.75, 3.05) is 0 Å². The zero-order valence-corrected chi connectivity index (χ0v) is 16.7. The molecule has 5 nitrogen and oxygen atoms in total. The Hall–Kier alpha value is -3.09. The number of halogens is 1. The summed E-state index contributed by atoms with van der Waals surface area (Å²) in [5, 5.41) is 23.2. The number of phenolic OH excluding ortho intramolecular Hbond substituents is 1. The maximum absolute atomic E-state index is 12.9. The van der Waals surface area contributed by atoms with Gasteiger partial charge < -0.3 is 15.1 Å². The molecule has 7 heteroatoms. The van der Waals surface area contributed by atoms with Gasteiger partial charge in [-0.25, -0.2) is 0 Å². The average Bonchev–Trinajstić information content (AvgIpc) is 3.30. The summed E-state index contributed by atoms with van der Waals surface area (Å²) in [6.07, 6.45) is 0. The fourth-order valence-corrected chi connectivity index (χ4v) is 4.25. The number of rotatable bonds is 4. The third-order valence-electron chi connectivity index (χ3n) is 4.75. The van der Waals surface area contributed by atoms with Gasteiger partial charge in [0.1, 0.15) is 11.5 Å². The zero-order chi connectivity index (χ0) is 20.5. The van der Waals surface area contributed by atoms with Gasteiger partial charge in [-0.1, -0.05) is 29.8 Å². The van der Waals surface area contributed by atoms with E-state index in [1.54, 1.807) is 36.4 Å². The molecule has 1 unspecified atom stereocenters. The van der Waals surface area contributed by atoms with Gasteiger partial charge in [0, 0.05) is 15.5 Å². The van der Waals surface area contributed by atoms with Crippen LogP contribution in [0.3, 0.4) is 0 Å². The van der Waals surface area contributed by atoms with Gasteiger partial charge in [-0.3, -0.25) is 9.59 Å². The molecule has 0 bridgehead atoms. The molecule has 3 aromatic rings. The highest BCUT2D eigenvalue weighted by Gasteiger charge is 2.46. The Morgan fingerprint density at radius 2 is 1.83 bits per heavy atom. The van der Waals surface area contributed by atoms with Gasteiger partial charge in [0.15, 0.2) is 0 Å². The van der Waals surface area contributed by atoms with Crippen LogP contribution in [0.2, 0.25) is 5.02 Å². The Kier molecular flexibility index (Phi) is 5.13. The Morgan fingerprint density at radius 1 is 1.07 bits per heavy atom. The molecule has 146 valence electrons. The smallest absolute Gasteiger partial charge is 0.295 e. The second kappa shape index (κ2) is 7.73. The number of benzene rings is 2. The van der Waals surface area contributed by atoms with E-state index in [2.05, 4.69) is 0 Å². The van der Waals surface area contributed by atoms with Crippen LogP contribution < -0.4 is 0 Å². The van der Waals surface area contributed by atoms with E-state index in [1.165, 1.54) is 28.4 Å². The fraction of sp³-hybridized carbons (Fsp3) is 0.0909. The van der Waals surface area contributed by atoms with Crippen LogP contribution in [0.4, 0.5) is 0 Å². The van der Waals surface area contributed by atoms with E-state index in [0.29, 0.717) is 16.1 Å². The molecule has 1 saturated heterocycles. The second-order valence-electron chi connectivity index (χ2n) is 6.61. The van der Waals surface area contributed by atoms with Gasteiger partial charge in [0.25, 0.3) is 11.7 Å². The minimum atomic E-state index is -0.820. The van der Waals surface area contributed by atoms with Crippen molar-refractivity contribution in [1.82, 2.24) is 4.90 Å². The standard InChI is InChI=1S/C22H16ClNO4S/c23-15-8-6-13(7-9-15)20(26)18-19(14-3-1-4-16(25)11-14)24(22(28)21(18)27)12-17-5-2-10-29-17/h1-11,19,25-26H,12H2/b20-18-. The monoisotopic (exact) mass is 425 g/mol. The molecule has 0 aliphatic carbocycles. The summed E-state index contributed by atoms with van der Waals surface area (Å²) in [6, 6.07) is 15.7. The van der Waals surface area contributed by atoms with E-state index in [-0.39, 0.29) is 23.6 Å². The van der Waals surface area contributed by atoms with Gasteiger partial charge in [-0.2, -0.15) is 0 Å². The molecule has 0 spiro atoms. The molecule has 1 aliphatic heterocycles. The number of ketones is 1. The third kappa shape index (κ3) is 3.64. The average molecular weight is 426 g/mol. The van der Waals surface area contributed by atoms with Crippen molar-refractivity contribution in [2.45, 2.75) is 12.6 Å². The van der Waals surface area contributed by atoms with Crippen molar-refractivity contribution >= 4 is 40.4 Å². The number of amides is 1. The van der Waals surface area contributed by atoms with E-state index < -0.39 is 17.7 Å². The Bertz CT molecular complexity index is 1110. The first kappa shape index (κ1) is 19.2. The summed E-state index contributed by atoms with van der Waals surface area (Å²) in [4.78, 5) is 28.1. The lowest BCUT2D eigenvalue weighted by Gasteiger charge is -2.25. The molecule has 2 aromatic carbocycles. The number of phenols is 1. The number of nitrogens with zero attached hydrogens (tertiary/aromatic N) is 1. The number of thiophene rings is 1. The highest BCUT2D eigenvalue weighted by molar-refractivity contribution is 7.09. The van der Waals surface area contributed by atoms with E-state index in [1.807, 2.05) is 17.5 Å². The third-order valence-corrected chi connectivity index (χ3v) is 5.86. The summed E-state index contributed by atoms with van der Waals surface area (Å²) in [7, 11) is 0. The number of carbonyl (C=O) groups is 2. The summed E-state index contributed by atoms with van der Waals surface area (Å²) < 4.78 is 0. The van der Waals surface area contributed by atoms with Crippen LogP contribution in [0.25, 0.3) is 5.76 Å². The summed E-state index contributed by atoms with van der Waals surface area (Å²) in [6.45, 7) is 0.222. The maximum Gasteiger partial charge on any atom is 0.295 e. The lowest BCUT2D eigenvalue weighted by Crippen LogP contribution is -2.28. The second-order valence-corrected chi connectivity index (χ2v) is 8.08. The minimum absolute atomic E-state index is 0.00991. The topological polar surface area (TPSA) is 77.8 Å². The van der Waals surface area contributed by atoms with E-state index in [4.69, 9.17) is 11.6 Å². The number of aromatic hydroxyl groups is 1. The van der Waals surface area contributed by atoms with E-state index >= 15 is 0 Å². The number of likely N-dealkylation sites (tertiary alicyclic amines) is 1. The largest absolute Gasteiger partial charge is 0.508 e. The normalized spacial score (nSPS) is 18.4. The van der Waals surface area contributed by atoms with Crippen LogP contribution in [0.1, 0.15) is 22.0 Å². The van der Waals surface area contributed by atoms with Crippen LogP contribution >= 0.6 is 22.9 Å². The highest BCUT2D eigenvalue weighted by Crippen LogP contribution is 2.41. The van der Waals surface area contributed by atoms with Gasteiger partial charge in [-0.05, 0) is 53.4 Å². The summed E-state index contributed by atoms with van der Waals surface area (Å²) in [5.41, 5.74) is 0.907. The molecule has 1 fully saturated rings. The number of hydrogen-bond donors (Lipinski definition) is 2. The molecule has 1 atom stereocenters. The zero-order valence-electron chi connectivity index (χ0n) is 15.1. The van der Waals surface area contributed by atoms with E-state index in [0.717, 1.165) is 4.88 Å². The molecule has 2 heterocycles. The predicted octanol–water partition coefficient (Wildman–Crippen LogP) is 4.73. The van der Waals surface area contributed by atoms with Crippen LogP contribution in [0.15, 0.2) is 71.6 Å². The van der Waals surface area contributed by atoms with Crippen molar-refractivity contribution in [2.24, 2.45) is 0 Å². The minimum Gasteiger partial charge on any atom is -0.508 e. The quantitative estimate of drug-likeness (QED) is 0.360. The number of aliphatic hydroxyl groups excluding tert-OH is 1. The number of Topliss-reactive ketones (excluding diaryl/α,β-unsaturated/α-hetero) is 1. The number of carbonyl (C=O) groups excluding carboxylic acids is 2. The van der Waals surface area contributed by atoms with Crippen LogP contribution in [-0.2, 0) is 16.1 Å². The first-order chi connectivity index (χ1) is 14.0. The van der Waals surface area contributed by atoms with Gasteiger partial charge in [0.05, 0.1) is 18.2 Å². The van der Waals surface area contributed by atoms with Crippen LogP contribution in [0.5, 0.6) is 5.75 Å². The Morgan fingerprint density at radius 3 is 2.48 bits per heavy atom. The molecule has 1 aromatic heterocycles. The lowest BCUT2D eigenvalue weighted by molar-refractivity contribution is -0.140. The highest BCUT2D eigenvalue weighted by atomic mass is 35.5. The van der Waals surface area contributed by atoms with Crippen molar-refractivity contribution < 1.29 is 19.8 Å². The van der Waals surface area contributed by atoms with Crippen molar-refractivity contribution in [3.05, 3.63) is 92.6 Å². The van der Waals surface area contributed by atoms with Crippen LogP contribution in [-0.4, -0.2) is 26.8 Å². The number of hydrogen-bond acceptors (Lipinski definition) is 5. The Balaban J connectivity index is 1.87. The molecular weight excluding hydrogens is 410 g/mol. The SMILES string of the molecule is O=C1C(=O)N(Cc2cccs2)C(c2cccc(O)c2)/C1=C(/O)c1ccc(Cl)cc1. The van der Waals surface area contributed by atoms with Gasteiger partial charge in [-0.15, -0.1) is 11.3 Å². The van der Waals surface area contributed by atoms with Crippen molar-refractivity contribution in [3.8, 4) is 5.75 Å². The van der Waals surface area contributed by atoms with Gasteiger partial charge >= 0.3 is 0 Å². The molecule has 1 aliphatic rings. The fourth-order valence-electron chi connectivity index (χ4n) is 3.42. The molecule has 0 radical (unpaired) electrons. The van der Waals surface area contributed by atoms with E-state index in [9.17, 15) is 19.8 Å². The molecule has 29 heavy (non-hydrogen) atoms. The molecule has 0 saturated carbocycles. The first-order valence-electron chi connectivity index (χ1n) is 8.81. The lowest BCUT2D eigenvalue weighted by atomic mass is 9.95.